The zero-order valence-corrected chi connectivity index (χ0v) is 11.4. The Labute approximate surface area is 113 Å². The number of rotatable bonds is 4. The van der Waals surface area contributed by atoms with Crippen LogP contribution in [0.1, 0.15) is 18.7 Å². The van der Waals surface area contributed by atoms with Crippen molar-refractivity contribution >= 4 is 16.7 Å². The topological polar surface area (TPSA) is 38.2 Å². The smallest absolute Gasteiger partial charge is 0.384 e. The largest absolute Gasteiger partial charge is 0.391 e. The third-order valence-electron chi connectivity index (χ3n) is 3.22. The molecule has 4 nitrogen and oxygen atoms in total. The molecule has 0 unspecified atom stereocenters. The Morgan fingerprint density at radius 1 is 1.37 bits per heavy atom. The van der Waals surface area contributed by atoms with Gasteiger partial charge >= 0.3 is 6.18 Å². The Morgan fingerprint density at radius 2 is 2.05 bits per heavy atom. The van der Waals surface area contributed by atoms with Crippen molar-refractivity contribution in [2.24, 2.45) is 5.92 Å². The zero-order chi connectivity index (χ0) is 13.9. The summed E-state index contributed by atoms with van der Waals surface area (Å²) >= 11 is 1.24. The monoisotopic (exact) mass is 295 g/mol. The predicted octanol–water partition coefficient (Wildman–Crippen LogP) is 2.51. The lowest BCUT2D eigenvalue weighted by Gasteiger charge is -2.32. The van der Waals surface area contributed by atoms with Crippen LogP contribution in [0, 0.1) is 5.92 Å². The van der Waals surface area contributed by atoms with E-state index < -0.39 is 12.1 Å². The van der Waals surface area contributed by atoms with Gasteiger partial charge in [0.2, 0.25) is 5.13 Å². The molecule has 108 valence electrons. The fourth-order valence-electron chi connectivity index (χ4n) is 2.07. The van der Waals surface area contributed by atoms with E-state index in [0.29, 0.717) is 37.1 Å². The number of hydrogen-bond donors (Lipinski definition) is 0. The minimum Gasteiger partial charge on any atom is -0.384 e. The number of hydrogen-bond acceptors (Lipinski definition) is 5. The number of nitrogens with zero attached hydrogens (tertiary/aromatic N) is 3. The lowest BCUT2D eigenvalue weighted by Crippen LogP contribution is -2.38. The Kier molecular flexibility index (Phi) is 4.62. The number of alkyl halides is 3. The molecule has 8 heteroatoms. The van der Waals surface area contributed by atoms with Crippen molar-refractivity contribution in [1.82, 2.24) is 9.36 Å². The number of anilines is 1. The number of aromatic nitrogens is 2. The second-order valence-electron chi connectivity index (χ2n) is 4.54. The molecule has 0 amide bonds. The van der Waals surface area contributed by atoms with Crippen molar-refractivity contribution in [3.8, 4) is 0 Å². The normalized spacial score (nSPS) is 18.0. The average molecular weight is 295 g/mol. The summed E-state index contributed by atoms with van der Waals surface area (Å²) in [5.41, 5.74) is 0. The number of methoxy groups -OCH3 is 1. The third-order valence-corrected chi connectivity index (χ3v) is 4.03. The van der Waals surface area contributed by atoms with E-state index in [1.807, 2.05) is 4.90 Å². The SMILES string of the molecule is COCCc1nsc(N2CCC(C(F)(F)F)CC2)n1. The molecular formula is C11H16F3N3OS. The van der Waals surface area contributed by atoms with Crippen LogP contribution in [0.15, 0.2) is 0 Å². The number of halogens is 3. The van der Waals surface area contributed by atoms with Gasteiger partial charge in [0.15, 0.2) is 0 Å². The molecule has 0 atom stereocenters. The average Bonchev–Trinajstić information content (AvgIpc) is 2.84. The first-order chi connectivity index (χ1) is 9.00. The Balaban J connectivity index is 1.89. The van der Waals surface area contributed by atoms with Crippen LogP contribution in [0.5, 0.6) is 0 Å². The maximum absolute atomic E-state index is 12.6. The van der Waals surface area contributed by atoms with Gasteiger partial charge in [0, 0.05) is 38.2 Å². The van der Waals surface area contributed by atoms with E-state index >= 15 is 0 Å². The number of ether oxygens (including phenoxy) is 1. The van der Waals surface area contributed by atoms with Crippen LogP contribution in [0.3, 0.4) is 0 Å². The van der Waals surface area contributed by atoms with Crippen LogP contribution in [-0.2, 0) is 11.2 Å². The molecule has 19 heavy (non-hydrogen) atoms. The van der Waals surface area contributed by atoms with E-state index in [-0.39, 0.29) is 12.8 Å². The van der Waals surface area contributed by atoms with Gasteiger partial charge in [0.05, 0.1) is 12.5 Å². The van der Waals surface area contributed by atoms with Crippen LogP contribution in [0.4, 0.5) is 18.3 Å². The fraction of sp³-hybridized carbons (Fsp3) is 0.818. The highest BCUT2D eigenvalue weighted by Crippen LogP contribution is 2.35. The fourth-order valence-corrected chi connectivity index (χ4v) is 2.83. The summed E-state index contributed by atoms with van der Waals surface area (Å²) < 4.78 is 46.8. The molecular weight excluding hydrogens is 279 g/mol. The van der Waals surface area contributed by atoms with Crippen molar-refractivity contribution in [3.63, 3.8) is 0 Å². The molecule has 1 aromatic rings. The van der Waals surface area contributed by atoms with Gasteiger partial charge in [-0.25, -0.2) is 4.98 Å². The van der Waals surface area contributed by atoms with Gasteiger partial charge in [-0.3, -0.25) is 0 Å². The summed E-state index contributed by atoms with van der Waals surface area (Å²) in [7, 11) is 1.61. The molecule has 1 aliphatic rings. The summed E-state index contributed by atoms with van der Waals surface area (Å²) in [6.07, 6.45) is -3.17. The summed E-state index contributed by atoms with van der Waals surface area (Å²) in [4.78, 5) is 6.22. The highest BCUT2D eigenvalue weighted by Gasteiger charge is 2.41. The van der Waals surface area contributed by atoms with Crippen molar-refractivity contribution in [3.05, 3.63) is 5.82 Å². The summed E-state index contributed by atoms with van der Waals surface area (Å²) in [6, 6.07) is 0. The summed E-state index contributed by atoms with van der Waals surface area (Å²) in [5, 5.41) is 0.715. The Bertz CT molecular complexity index is 402. The van der Waals surface area contributed by atoms with Crippen LogP contribution < -0.4 is 4.90 Å². The van der Waals surface area contributed by atoms with Crippen molar-refractivity contribution in [2.75, 3.05) is 31.7 Å². The van der Waals surface area contributed by atoms with Gasteiger partial charge < -0.3 is 9.64 Å². The zero-order valence-electron chi connectivity index (χ0n) is 10.6. The van der Waals surface area contributed by atoms with Gasteiger partial charge in [0.1, 0.15) is 5.82 Å². The van der Waals surface area contributed by atoms with Crippen molar-refractivity contribution < 1.29 is 17.9 Å². The van der Waals surface area contributed by atoms with Crippen molar-refractivity contribution in [2.45, 2.75) is 25.4 Å². The standard InChI is InChI=1S/C11H16F3N3OS/c1-18-7-4-9-15-10(19-16-9)17-5-2-8(3-6-17)11(12,13)14/h8H,2-7H2,1H3. The first-order valence-electron chi connectivity index (χ1n) is 6.14. The predicted molar refractivity (Wildman–Crippen MR) is 66.5 cm³/mol. The molecule has 0 aliphatic carbocycles. The molecule has 0 bridgehead atoms. The van der Waals surface area contributed by atoms with Gasteiger partial charge in [0.25, 0.3) is 0 Å². The number of piperidine rings is 1. The van der Waals surface area contributed by atoms with E-state index in [4.69, 9.17) is 4.74 Å². The van der Waals surface area contributed by atoms with E-state index in [0.717, 1.165) is 0 Å². The maximum atomic E-state index is 12.6. The minimum absolute atomic E-state index is 0.135. The van der Waals surface area contributed by atoms with E-state index in [2.05, 4.69) is 9.36 Å². The van der Waals surface area contributed by atoms with Crippen molar-refractivity contribution in [1.29, 1.82) is 0 Å². The highest BCUT2D eigenvalue weighted by atomic mass is 32.1. The van der Waals surface area contributed by atoms with Gasteiger partial charge in [-0.1, -0.05) is 0 Å². The summed E-state index contributed by atoms with van der Waals surface area (Å²) in [6.45, 7) is 1.33. The van der Waals surface area contributed by atoms with E-state index in [9.17, 15) is 13.2 Å². The Morgan fingerprint density at radius 3 is 2.63 bits per heavy atom. The molecule has 1 aromatic heterocycles. The maximum Gasteiger partial charge on any atom is 0.391 e. The molecule has 0 N–H and O–H groups in total. The third kappa shape index (κ3) is 3.79. The molecule has 0 saturated carbocycles. The Hall–Kier alpha value is -0.890. The van der Waals surface area contributed by atoms with Crippen LogP contribution in [0.25, 0.3) is 0 Å². The molecule has 1 saturated heterocycles. The highest BCUT2D eigenvalue weighted by molar-refractivity contribution is 7.09. The van der Waals surface area contributed by atoms with Gasteiger partial charge in [-0.2, -0.15) is 17.5 Å². The molecule has 1 fully saturated rings. The first kappa shape index (κ1) is 14.5. The van der Waals surface area contributed by atoms with Crippen LogP contribution >= 0.6 is 11.5 Å². The molecule has 0 spiro atoms. The van der Waals surface area contributed by atoms with Crippen LogP contribution in [0.2, 0.25) is 0 Å². The molecule has 2 rings (SSSR count). The second-order valence-corrected chi connectivity index (χ2v) is 5.27. The lowest BCUT2D eigenvalue weighted by atomic mass is 9.97. The van der Waals surface area contributed by atoms with Crippen LogP contribution in [-0.4, -0.2) is 42.3 Å². The van der Waals surface area contributed by atoms with Gasteiger partial charge in [-0.05, 0) is 12.8 Å². The molecule has 0 aromatic carbocycles. The first-order valence-corrected chi connectivity index (χ1v) is 6.91. The van der Waals surface area contributed by atoms with E-state index in [1.165, 1.54) is 11.5 Å². The van der Waals surface area contributed by atoms with Gasteiger partial charge in [-0.15, -0.1) is 0 Å². The van der Waals surface area contributed by atoms with E-state index in [1.54, 1.807) is 7.11 Å². The minimum atomic E-state index is -4.07. The molecule has 0 radical (unpaired) electrons. The quantitative estimate of drug-likeness (QED) is 0.855. The molecule has 1 aliphatic heterocycles. The summed E-state index contributed by atoms with van der Waals surface area (Å²) in [5.74, 6) is -0.482. The molecule has 2 heterocycles. The lowest BCUT2D eigenvalue weighted by molar-refractivity contribution is -0.179. The second kappa shape index (κ2) is 6.04.